The first kappa shape index (κ1) is 10.2. The van der Waals surface area contributed by atoms with Gasteiger partial charge in [0.05, 0.1) is 23.1 Å². The highest BCUT2D eigenvalue weighted by Crippen LogP contribution is 2.34. The van der Waals surface area contributed by atoms with Crippen LogP contribution in [0.1, 0.15) is 0 Å². The van der Waals surface area contributed by atoms with Crippen LogP contribution in [0.5, 0.6) is 0 Å². The first-order chi connectivity index (χ1) is 7.11. The van der Waals surface area contributed by atoms with E-state index in [9.17, 15) is 0 Å². The highest BCUT2D eigenvalue weighted by Gasteiger charge is 2.17. The monoisotopic (exact) mass is 243 g/mol. The molecule has 0 spiro atoms. The molecule has 2 heterocycles. The molecule has 0 radical (unpaired) electrons. The Morgan fingerprint density at radius 1 is 1.27 bits per heavy atom. The van der Waals surface area contributed by atoms with Crippen molar-refractivity contribution < 1.29 is 0 Å². The third-order valence-electron chi connectivity index (χ3n) is 1.96. The van der Waals surface area contributed by atoms with Crippen molar-refractivity contribution in [1.82, 2.24) is 19.7 Å². The third-order valence-corrected chi connectivity index (χ3v) is 2.53. The second-order valence-corrected chi connectivity index (χ2v) is 3.62. The van der Waals surface area contributed by atoms with Gasteiger partial charge in [0.25, 0.3) is 0 Å². The molecule has 5 nitrogen and oxygen atoms in total. The van der Waals surface area contributed by atoms with E-state index in [1.165, 1.54) is 12.5 Å². The van der Waals surface area contributed by atoms with Crippen LogP contribution in [0.3, 0.4) is 0 Å². The summed E-state index contributed by atoms with van der Waals surface area (Å²) in [6, 6.07) is 0. The van der Waals surface area contributed by atoms with E-state index >= 15 is 0 Å². The van der Waals surface area contributed by atoms with Gasteiger partial charge in [-0.15, -0.1) is 0 Å². The van der Waals surface area contributed by atoms with Crippen molar-refractivity contribution >= 4 is 28.9 Å². The predicted molar refractivity (Wildman–Crippen MR) is 58.7 cm³/mol. The van der Waals surface area contributed by atoms with Crippen LogP contribution in [0.4, 0.5) is 5.69 Å². The maximum absolute atomic E-state index is 5.93. The van der Waals surface area contributed by atoms with Crippen LogP contribution in [-0.2, 0) is 7.05 Å². The summed E-state index contributed by atoms with van der Waals surface area (Å²) in [5.74, 6) is 0. The largest absolute Gasteiger partial charge is 0.396 e. The number of hydrogen-bond acceptors (Lipinski definition) is 4. The number of halogens is 2. The van der Waals surface area contributed by atoms with Crippen LogP contribution in [-0.4, -0.2) is 19.7 Å². The van der Waals surface area contributed by atoms with Gasteiger partial charge in [-0.05, 0) is 0 Å². The molecule has 0 atom stereocenters. The van der Waals surface area contributed by atoms with Crippen LogP contribution in [0.25, 0.3) is 11.3 Å². The van der Waals surface area contributed by atoms with Crippen molar-refractivity contribution in [2.24, 2.45) is 7.05 Å². The van der Waals surface area contributed by atoms with Crippen molar-refractivity contribution in [1.29, 1.82) is 0 Å². The molecule has 2 rings (SSSR count). The Kier molecular flexibility index (Phi) is 2.50. The summed E-state index contributed by atoms with van der Waals surface area (Å²) < 4.78 is 1.58. The lowest BCUT2D eigenvalue weighted by Crippen LogP contribution is -1.99. The molecule has 2 aromatic rings. The summed E-state index contributed by atoms with van der Waals surface area (Å²) in [6.07, 6.45) is 2.82. The van der Waals surface area contributed by atoms with Crippen molar-refractivity contribution in [2.75, 3.05) is 5.73 Å². The molecule has 0 fully saturated rings. The molecule has 0 aliphatic heterocycles. The summed E-state index contributed by atoms with van der Waals surface area (Å²) in [5.41, 5.74) is 7.35. The van der Waals surface area contributed by atoms with E-state index < -0.39 is 0 Å². The number of aromatic nitrogens is 4. The molecule has 0 saturated carbocycles. The Balaban J connectivity index is 2.74. The summed E-state index contributed by atoms with van der Waals surface area (Å²) in [6.45, 7) is 0. The Bertz CT molecular complexity index is 468. The van der Waals surface area contributed by atoms with Crippen LogP contribution >= 0.6 is 23.2 Å². The van der Waals surface area contributed by atoms with Gasteiger partial charge in [-0.1, -0.05) is 23.2 Å². The van der Waals surface area contributed by atoms with Gasteiger partial charge in [-0.2, -0.15) is 5.10 Å². The molecule has 2 aromatic heterocycles. The number of nitrogens with zero attached hydrogens (tertiary/aromatic N) is 4. The van der Waals surface area contributed by atoms with Gasteiger partial charge in [-0.3, -0.25) is 4.68 Å². The summed E-state index contributed by atoms with van der Waals surface area (Å²) >= 11 is 11.9. The van der Waals surface area contributed by atoms with Crippen molar-refractivity contribution in [3.8, 4) is 11.3 Å². The minimum atomic E-state index is 0.255. The first-order valence-corrected chi connectivity index (χ1v) is 4.80. The minimum absolute atomic E-state index is 0.255. The Morgan fingerprint density at radius 3 is 2.33 bits per heavy atom. The second kappa shape index (κ2) is 3.67. The summed E-state index contributed by atoms with van der Waals surface area (Å²) in [7, 11) is 1.74. The van der Waals surface area contributed by atoms with Crippen LogP contribution in [0.2, 0.25) is 10.3 Å². The predicted octanol–water partition coefficient (Wildman–Crippen LogP) is 1.77. The van der Waals surface area contributed by atoms with Gasteiger partial charge in [0.15, 0.2) is 0 Å². The fourth-order valence-electron chi connectivity index (χ4n) is 1.30. The van der Waals surface area contributed by atoms with Crippen LogP contribution in [0.15, 0.2) is 12.5 Å². The number of nitrogen functional groups attached to an aromatic ring is 1. The van der Waals surface area contributed by atoms with Gasteiger partial charge in [0.2, 0.25) is 0 Å². The van der Waals surface area contributed by atoms with Gasteiger partial charge in [0.1, 0.15) is 16.6 Å². The maximum atomic E-state index is 5.93. The zero-order valence-corrected chi connectivity index (χ0v) is 9.29. The van der Waals surface area contributed by atoms with E-state index in [-0.39, 0.29) is 10.3 Å². The van der Waals surface area contributed by atoms with E-state index in [1.807, 2.05) is 0 Å². The average molecular weight is 244 g/mol. The maximum Gasteiger partial charge on any atom is 0.143 e. The molecule has 0 aliphatic carbocycles. The van der Waals surface area contributed by atoms with Crippen LogP contribution in [0, 0.1) is 0 Å². The molecule has 0 saturated heterocycles. The Morgan fingerprint density at radius 2 is 1.87 bits per heavy atom. The lowest BCUT2D eigenvalue weighted by molar-refractivity contribution is 0.775. The van der Waals surface area contributed by atoms with Gasteiger partial charge in [0, 0.05) is 7.05 Å². The Labute approximate surface area is 95.8 Å². The molecular formula is C8H7Cl2N5. The highest BCUT2D eigenvalue weighted by atomic mass is 35.5. The second-order valence-electron chi connectivity index (χ2n) is 2.90. The normalized spacial score (nSPS) is 10.6. The van der Waals surface area contributed by atoms with E-state index in [0.717, 1.165) is 0 Å². The molecule has 0 aliphatic rings. The highest BCUT2D eigenvalue weighted by molar-refractivity contribution is 6.37. The number of anilines is 1. The van der Waals surface area contributed by atoms with E-state index in [0.29, 0.717) is 16.9 Å². The number of hydrogen-bond donors (Lipinski definition) is 1. The molecule has 0 amide bonds. The molecule has 0 unspecified atom stereocenters. The van der Waals surface area contributed by atoms with Crippen molar-refractivity contribution in [3.05, 3.63) is 22.8 Å². The molecule has 2 N–H and O–H groups in total. The topological polar surface area (TPSA) is 69.6 Å². The van der Waals surface area contributed by atoms with Gasteiger partial charge < -0.3 is 5.73 Å². The molecule has 7 heteroatoms. The van der Waals surface area contributed by atoms with Crippen molar-refractivity contribution in [3.63, 3.8) is 0 Å². The number of nitrogens with two attached hydrogens (primary N) is 1. The minimum Gasteiger partial charge on any atom is -0.396 e. The quantitative estimate of drug-likeness (QED) is 0.776. The number of rotatable bonds is 1. The smallest absolute Gasteiger partial charge is 0.143 e. The molecule has 78 valence electrons. The zero-order valence-electron chi connectivity index (χ0n) is 7.78. The third kappa shape index (κ3) is 1.64. The van der Waals surface area contributed by atoms with E-state index in [1.54, 1.807) is 11.7 Å². The fraction of sp³-hybridized carbons (Fsp3) is 0.125. The van der Waals surface area contributed by atoms with Crippen LogP contribution < -0.4 is 5.73 Å². The van der Waals surface area contributed by atoms with Gasteiger partial charge >= 0.3 is 0 Å². The fourth-order valence-corrected chi connectivity index (χ4v) is 1.79. The lowest BCUT2D eigenvalue weighted by Gasteiger charge is -2.06. The van der Waals surface area contributed by atoms with Crippen molar-refractivity contribution in [2.45, 2.75) is 0 Å². The van der Waals surface area contributed by atoms with E-state index in [4.69, 9.17) is 28.9 Å². The molecule has 0 bridgehead atoms. The number of aryl methyl sites for hydroxylation is 1. The molecule has 15 heavy (non-hydrogen) atoms. The lowest BCUT2D eigenvalue weighted by atomic mass is 10.2. The van der Waals surface area contributed by atoms with Gasteiger partial charge in [-0.25, -0.2) is 9.97 Å². The first-order valence-electron chi connectivity index (χ1n) is 4.05. The van der Waals surface area contributed by atoms with E-state index in [2.05, 4.69) is 15.1 Å². The zero-order chi connectivity index (χ0) is 11.0. The SMILES string of the molecule is Cn1ncc(N)c1-c1c(Cl)ncnc1Cl. The summed E-state index contributed by atoms with van der Waals surface area (Å²) in [4.78, 5) is 7.70. The summed E-state index contributed by atoms with van der Waals surface area (Å²) in [5, 5.41) is 4.50. The standard InChI is InChI=1S/C8H7Cl2N5/c1-15-6(4(11)2-14-15)5-7(9)12-3-13-8(5)10/h2-3H,11H2,1H3. The molecule has 0 aromatic carbocycles. The average Bonchev–Trinajstić information content (AvgIpc) is 2.49. The molecular weight excluding hydrogens is 237 g/mol. The Hall–Kier alpha value is -1.33.